The van der Waals surface area contributed by atoms with Crippen molar-refractivity contribution in [1.82, 2.24) is 5.32 Å². The van der Waals surface area contributed by atoms with Gasteiger partial charge in [-0.3, -0.25) is 9.69 Å². The van der Waals surface area contributed by atoms with Crippen LogP contribution in [0.3, 0.4) is 0 Å². The van der Waals surface area contributed by atoms with Gasteiger partial charge < -0.3 is 5.32 Å². The first-order valence-corrected chi connectivity index (χ1v) is 5.75. The van der Waals surface area contributed by atoms with E-state index >= 15 is 0 Å². The van der Waals surface area contributed by atoms with Crippen molar-refractivity contribution >= 4 is 28.9 Å². The van der Waals surface area contributed by atoms with Gasteiger partial charge in [-0.25, -0.2) is 0 Å². The van der Waals surface area contributed by atoms with Crippen LogP contribution in [0, 0.1) is 6.92 Å². The van der Waals surface area contributed by atoms with Crippen molar-refractivity contribution in [2.24, 2.45) is 0 Å². The van der Waals surface area contributed by atoms with E-state index in [1.165, 1.54) is 0 Å². The Morgan fingerprint density at radius 2 is 2.25 bits per heavy atom. The van der Waals surface area contributed by atoms with Crippen molar-refractivity contribution < 1.29 is 4.79 Å². The Bertz CT molecular complexity index is 444. The summed E-state index contributed by atoms with van der Waals surface area (Å²) in [6, 6.07) is 7.62. The molecule has 1 fully saturated rings. The molecule has 2 rings (SSSR count). The molecule has 1 N–H and O–H groups in total. The molecule has 1 saturated heterocycles. The number of hydrogen-bond donors (Lipinski definition) is 1. The van der Waals surface area contributed by atoms with Gasteiger partial charge in [0.15, 0.2) is 5.11 Å². The molecule has 1 atom stereocenters. The molecule has 1 aliphatic heterocycles. The van der Waals surface area contributed by atoms with Crippen LogP contribution in [0.15, 0.2) is 24.3 Å². The van der Waals surface area contributed by atoms with Gasteiger partial charge in [0.25, 0.3) is 5.91 Å². The van der Waals surface area contributed by atoms with E-state index in [-0.39, 0.29) is 11.9 Å². The highest BCUT2D eigenvalue weighted by molar-refractivity contribution is 7.80. The van der Waals surface area contributed by atoms with Gasteiger partial charge in [-0.05, 0) is 43.3 Å². The maximum atomic E-state index is 12.0. The Kier molecular flexibility index (Phi) is 2.92. The van der Waals surface area contributed by atoms with Crippen LogP contribution in [0.4, 0.5) is 5.69 Å². The third kappa shape index (κ3) is 1.80. The van der Waals surface area contributed by atoms with E-state index < -0.39 is 0 Å². The lowest BCUT2D eigenvalue weighted by molar-refractivity contribution is -0.118. The molecule has 0 bridgehead atoms. The molecule has 0 spiro atoms. The summed E-state index contributed by atoms with van der Waals surface area (Å²) in [5.41, 5.74) is 1.96. The summed E-state index contributed by atoms with van der Waals surface area (Å²) in [5, 5.41) is 3.53. The Balaban J connectivity index is 2.34. The summed E-state index contributed by atoms with van der Waals surface area (Å²) in [6.45, 7) is 3.97. The number of anilines is 1. The molecule has 16 heavy (non-hydrogen) atoms. The number of hydrogen-bond acceptors (Lipinski definition) is 2. The standard InChI is InChI=1S/C12H14N2OS/c1-3-10-11(15)14(12(16)13-10)9-6-4-5-8(2)7-9/h4-7,10H,3H2,1-2H3,(H,13,16). The second-order valence-corrected chi connectivity index (χ2v) is 4.31. The summed E-state index contributed by atoms with van der Waals surface area (Å²) < 4.78 is 0. The highest BCUT2D eigenvalue weighted by Gasteiger charge is 2.34. The predicted octanol–water partition coefficient (Wildman–Crippen LogP) is 1.99. The molecule has 0 saturated carbocycles. The Labute approximate surface area is 100 Å². The number of thiocarbonyl (C=S) groups is 1. The first-order chi connectivity index (χ1) is 7.63. The largest absolute Gasteiger partial charge is 0.350 e. The molecule has 84 valence electrons. The van der Waals surface area contributed by atoms with Crippen LogP contribution in [0.5, 0.6) is 0 Å². The van der Waals surface area contributed by atoms with Gasteiger partial charge in [0.1, 0.15) is 6.04 Å². The third-order valence-corrected chi connectivity index (χ3v) is 2.99. The fourth-order valence-electron chi connectivity index (χ4n) is 1.82. The lowest BCUT2D eigenvalue weighted by Gasteiger charge is -2.15. The number of rotatable bonds is 2. The number of carbonyl (C=O) groups excluding carboxylic acids is 1. The highest BCUT2D eigenvalue weighted by atomic mass is 32.1. The van der Waals surface area contributed by atoms with Crippen molar-refractivity contribution in [3.8, 4) is 0 Å². The van der Waals surface area contributed by atoms with Gasteiger partial charge in [-0.1, -0.05) is 19.1 Å². The summed E-state index contributed by atoms with van der Waals surface area (Å²) in [7, 11) is 0. The summed E-state index contributed by atoms with van der Waals surface area (Å²) >= 11 is 5.18. The molecule has 1 aliphatic rings. The zero-order valence-corrected chi connectivity index (χ0v) is 10.2. The minimum Gasteiger partial charge on any atom is -0.350 e. The molecule has 3 nitrogen and oxygen atoms in total. The van der Waals surface area contributed by atoms with Gasteiger partial charge in [0, 0.05) is 0 Å². The van der Waals surface area contributed by atoms with Crippen LogP contribution < -0.4 is 10.2 Å². The highest BCUT2D eigenvalue weighted by Crippen LogP contribution is 2.21. The number of carbonyl (C=O) groups is 1. The normalized spacial score (nSPS) is 20.1. The maximum absolute atomic E-state index is 12.0. The van der Waals surface area contributed by atoms with Crippen LogP contribution in [0.2, 0.25) is 0 Å². The fourth-order valence-corrected chi connectivity index (χ4v) is 2.16. The number of benzene rings is 1. The van der Waals surface area contributed by atoms with Crippen molar-refractivity contribution in [2.75, 3.05) is 4.90 Å². The molecule has 0 radical (unpaired) electrons. The van der Waals surface area contributed by atoms with Crippen LogP contribution in [0.1, 0.15) is 18.9 Å². The number of amides is 1. The maximum Gasteiger partial charge on any atom is 0.255 e. The molecular formula is C12H14N2OS. The van der Waals surface area contributed by atoms with Crippen LogP contribution in [0.25, 0.3) is 0 Å². The summed E-state index contributed by atoms with van der Waals surface area (Å²) in [4.78, 5) is 13.6. The quantitative estimate of drug-likeness (QED) is 0.794. The fraction of sp³-hybridized carbons (Fsp3) is 0.333. The molecule has 1 aromatic rings. The van der Waals surface area contributed by atoms with E-state index in [1.807, 2.05) is 38.1 Å². The van der Waals surface area contributed by atoms with E-state index in [4.69, 9.17) is 12.2 Å². The van der Waals surface area contributed by atoms with E-state index in [0.29, 0.717) is 5.11 Å². The predicted molar refractivity (Wildman–Crippen MR) is 68.5 cm³/mol. The Morgan fingerprint density at radius 1 is 1.50 bits per heavy atom. The molecular weight excluding hydrogens is 220 g/mol. The second kappa shape index (κ2) is 4.22. The number of aryl methyl sites for hydroxylation is 1. The van der Waals surface area contributed by atoms with E-state index in [0.717, 1.165) is 17.7 Å². The zero-order valence-electron chi connectivity index (χ0n) is 9.36. The second-order valence-electron chi connectivity index (χ2n) is 3.92. The van der Waals surface area contributed by atoms with E-state index in [2.05, 4.69) is 5.32 Å². The Morgan fingerprint density at radius 3 is 2.81 bits per heavy atom. The monoisotopic (exact) mass is 234 g/mol. The van der Waals surface area contributed by atoms with E-state index in [9.17, 15) is 4.79 Å². The Hall–Kier alpha value is -1.42. The van der Waals surface area contributed by atoms with Crippen molar-refractivity contribution in [1.29, 1.82) is 0 Å². The van der Waals surface area contributed by atoms with Crippen molar-refractivity contribution in [3.63, 3.8) is 0 Å². The van der Waals surface area contributed by atoms with Gasteiger partial charge in [-0.15, -0.1) is 0 Å². The van der Waals surface area contributed by atoms with Crippen molar-refractivity contribution in [3.05, 3.63) is 29.8 Å². The minimum atomic E-state index is -0.173. The molecule has 0 aromatic heterocycles. The number of nitrogens with zero attached hydrogens (tertiary/aromatic N) is 1. The topological polar surface area (TPSA) is 32.3 Å². The molecule has 4 heteroatoms. The average Bonchev–Trinajstić information content (AvgIpc) is 2.53. The van der Waals surface area contributed by atoms with Gasteiger partial charge in [0.2, 0.25) is 0 Å². The smallest absolute Gasteiger partial charge is 0.255 e. The first-order valence-electron chi connectivity index (χ1n) is 5.34. The van der Waals surface area contributed by atoms with Gasteiger partial charge in [0.05, 0.1) is 5.69 Å². The van der Waals surface area contributed by atoms with Gasteiger partial charge in [-0.2, -0.15) is 0 Å². The van der Waals surface area contributed by atoms with Gasteiger partial charge >= 0.3 is 0 Å². The molecule has 1 aromatic carbocycles. The minimum absolute atomic E-state index is 0.0399. The average molecular weight is 234 g/mol. The summed E-state index contributed by atoms with van der Waals surface area (Å²) in [6.07, 6.45) is 0.751. The van der Waals surface area contributed by atoms with Crippen LogP contribution in [-0.4, -0.2) is 17.1 Å². The van der Waals surface area contributed by atoms with Crippen LogP contribution >= 0.6 is 12.2 Å². The van der Waals surface area contributed by atoms with Crippen LogP contribution in [-0.2, 0) is 4.79 Å². The lowest BCUT2D eigenvalue weighted by Crippen LogP contribution is -2.31. The molecule has 1 unspecified atom stereocenters. The molecule has 0 aliphatic carbocycles. The third-order valence-electron chi connectivity index (χ3n) is 2.69. The summed E-state index contributed by atoms with van der Waals surface area (Å²) in [5.74, 6) is 0.0399. The SMILES string of the molecule is CCC1NC(=S)N(c2cccc(C)c2)C1=O. The molecule has 1 amide bonds. The molecule has 1 heterocycles. The zero-order chi connectivity index (χ0) is 11.7. The lowest BCUT2D eigenvalue weighted by atomic mass is 10.2. The first kappa shape index (κ1) is 11.1. The number of nitrogens with one attached hydrogen (secondary N) is 1. The van der Waals surface area contributed by atoms with Crippen molar-refractivity contribution in [2.45, 2.75) is 26.3 Å². The van der Waals surface area contributed by atoms with E-state index in [1.54, 1.807) is 4.90 Å².